The highest BCUT2D eigenvalue weighted by Gasteiger charge is 2.21. The molecule has 0 heterocycles. The number of ether oxygens (including phenoxy) is 2. The maximum atomic E-state index is 12.2. The second-order valence-electron chi connectivity index (χ2n) is 5.99. The normalized spacial score (nSPS) is 14.8. The van der Waals surface area contributed by atoms with E-state index in [0.717, 1.165) is 32.1 Å². The Hall–Kier alpha value is -2.24. The minimum Gasteiger partial charge on any atom is -0.493 e. The zero-order valence-corrected chi connectivity index (χ0v) is 14.4. The molecule has 1 aliphatic rings. The number of hydrogen-bond donors (Lipinski definition) is 2. The summed E-state index contributed by atoms with van der Waals surface area (Å²) in [7, 11) is 1.53. The zero-order valence-electron chi connectivity index (χ0n) is 14.4. The molecule has 1 aliphatic carbocycles. The fourth-order valence-corrected chi connectivity index (χ4v) is 2.80. The number of nitrogens with one attached hydrogen (secondary N) is 2. The highest BCUT2D eigenvalue weighted by Crippen LogP contribution is 2.28. The lowest BCUT2D eigenvalue weighted by Crippen LogP contribution is -2.44. The minimum absolute atomic E-state index is 0.00148. The van der Waals surface area contributed by atoms with Crippen molar-refractivity contribution in [3.8, 4) is 11.5 Å². The summed E-state index contributed by atoms with van der Waals surface area (Å²) in [4.78, 5) is 24.3. The first kappa shape index (κ1) is 18.1. The van der Waals surface area contributed by atoms with Crippen LogP contribution in [0.4, 0.5) is 0 Å². The van der Waals surface area contributed by atoms with Crippen LogP contribution in [0.3, 0.4) is 0 Å². The van der Waals surface area contributed by atoms with E-state index in [1.54, 1.807) is 18.2 Å². The second-order valence-corrected chi connectivity index (χ2v) is 5.99. The summed E-state index contributed by atoms with van der Waals surface area (Å²) < 4.78 is 10.8. The topological polar surface area (TPSA) is 76.7 Å². The predicted molar refractivity (Wildman–Crippen MR) is 91.0 cm³/mol. The van der Waals surface area contributed by atoms with Crippen molar-refractivity contribution in [2.45, 2.75) is 45.4 Å². The van der Waals surface area contributed by atoms with E-state index in [9.17, 15) is 9.59 Å². The molecule has 1 fully saturated rings. The third kappa shape index (κ3) is 4.88. The molecule has 1 aromatic carbocycles. The molecule has 6 heteroatoms. The molecule has 0 atom stereocenters. The van der Waals surface area contributed by atoms with Crippen LogP contribution in [0.2, 0.25) is 0 Å². The number of benzene rings is 1. The summed E-state index contributed by atoms with van der Waals surface area (Å²) in [6.45, 7) is 2.60. The van der Waals surface area contributed by atoms with Gasteiger partial charge in [0.25, 0.3) is 5.91 Å². The molecule has 0 aliphatic heterocycles. The Kier molecular flexibility index (Phi) is 6.90. The van der Waals surface area contributed by atoms with E-state index in [-0.39, 0.29) is 17.7 Å². The average Bonchev–Trinajstić information content (AvgIpc) is 2.64. The van der Waals surface area contributed by atoms with Gasteiger partial charge in [-0.1, -0.05) is 26.2 Å². The number of rotatable bonds is 6. The highest BCUT2D eigenvalue weighted by atomic mass is 16.5. The molecular formula is C18H26N2O4. The Morgan fingerprint density at radius 1 is 1.12 bits per heavy atom. The van der Waals surface area contributed by atoms with Crippen LogP contribution >= 0.6 is 0 Å². The molecule has 1 aromatic rings. The Morgan fingerprint density at radius 3 is 2.54 bits per heavy atom. The molecule has 0 radical (unpaired) electrons. The van der Waals surface area contributed by atoms with E-state index in [1.807, 2.05) is 6.92 Å². The quantitative estimate of drug-likeness (QED) is 0.784. The third-order valence-corrected chi connectivity index (χ3v) is 4.16. The molecule has 2 N–H and O–H groups in total. The van der Waals surface area contributed by atoms with Gasteiger partial charge in [-0.3, -0.25) is 20.4 Å². The van der Waals surface area contributed by atoms with E-state index in [2.05, 4.69) is 10.9 Å². The van der Waals surface area contributed by atoms with Crippen molar-refractivity contribution in [2.24, 2.45) is 5.92 Å². The summed E-state index contributed by atoms with van der Waals surface area (Å²) in [6.07, 6.45) is 5.99. The summed E-state index contributed by atoms with van der Waals surface area (Å²) in [5, 5.41) is 0. The van der Waals surface area contributed by atoms with Gasteiger partial charge in [0.05, 0.1) is 13.7 Å². The molecule has 2 amide bonds. The average molecular weight is 334 g/mol. The number of amides is 2. The van der Waals surface area contributed by atoms with Gasteiger partial charge in [0.2, 0.25) is 5.91 Å². The molecule has 6 nitrogen and oxygen atoms in total. The van der Waals surface area contributed by atoms with Crippen molar-refractivity contribution in [2.75, 3.05) is 13.7 Å². The first-order valence-electron chi connectivity index (χ1n) is 8.56. The molecule has 0 spiro atoms. The monoisotopic (exact) mass is 334 g/mol. The van der Waals surface area contributed by atoms with E-state index in [4.69, 9.17) is 9.47 Å². The molecular weight excluding hydrogens is 308 g/mol. The van der Waals surface area contributed by atoms with Crippen LogP contribution in [0.5, 0.6) is 11.5 Å². The van der Waals surface area contributed by atoms with Crippen molar-refractivity contribution in [1.82, 2.24) is 10.9 Å². The predicted octanol–water partition coefficient (Wildman–Crippen LogP) is 2.83. The van der Waals surface area contributed by atoms with Crippen LogP contribution in [0.1, 0.15) is 55.8 Å². The molecule has 0 aromatic heterocycles. The summed E-state index contributed by atoms with van der Waals surface area (Å²) >= 11 is 0. The molecule has 0 bridgehead atoms. The minimum atomic E-state index is -0.375. The van der Waals surface area contributed by atoms with Crippen LogP contribution in [0, 0.1) is 5.92 Å². The fourth-order valence-electron chi connectivity index (χ4n) is 2.80. The van der Waals surface area contributed by atoms with Gasteiger partial charge in [-0.15, -0.1) is 0 Å². The SMILES string of the molecule is CCCOc1ccc(C(=O)NNC(=O)C2CCCCC2)cc1OC. The summed E-state index contributed by atoms with van der Waals surface area (Å²) in [5.74, 6) is 0.604. The molecule has 0 unspecified atom stereocenters. The van der Waals surface area contributed by atoms with Gasteiger partial charge in [0.1, 0.15) is 0 Å². The Bertz CT molecular complexity index is 568. The van der Waals surface area contributed by atoms with E-state index >= 15 is 0 Å². The smallest absolute Gasteiger partial charge is 0.269 e. The highest BCUT2D eigenvalue weighted by molar-refractivity contribution is 5.96. The van der Waals surface area contributed by atoms with E-state index < -0.39 is 0 Å². The first-order valence-corrected chi connectivity index (χ1v) is 8.56. The number of hydrazine groups is 1. The summed E-state index contributed by atoms with van der Waals surface area (Å²) in [5.41, 5.74) is 5.40. The fraction of sp³-hybridized carbons (Fsp3) is 0.556. The third-order valence-electron chi connectivity index (χ3n) is 4.16. The van der Waals surface area contributed by atoms with Crippen molar-refractivity contribution in [3.05, 3.63) is 23.8 Å². The van der Waals surface area contributed by atoms with Crippen molar-refractivity contribution >= 4 is 11.8 Å². The Morgan fingerprint density at radius 2 is 1.88 bits per heavy atom. The largest absolute Gasteiger partial charge is 0.493 e. The first-order chi connectivity index (χ1) is 11.7. The van der Waals surface area contributed by atoms with Crippen molar-refractivity contribution in [1.29, 1.82) is 0 Å². The number of hydrogen-bond acceptors (Lipinski definition) is 4. The van der Waals surface area contributed by atoms with Crippen LogP contribution < -0.4 is 20.3 Å². The molecule has 0 saturated heterocycles. The van der Waals surface area contributed by atoms with Gasteiger partial charge < -0.3 is 9.47 Å². The summed E-state index contributed by atoms with van der Waals surface area (Å²) in [6, 6.07) is 4.95. The maximum Gasteiger partial charge on any atom is 0.269 e. The standard InChI is InChI=1S/C18H26N2O4/c1-3-11-24-15-10-9-14(12-16(15)23-2)18(22)20-19-17(21)13-7-5-4-6-8-13/h9-10,12-13H,3-8,11H2,1-2H3,(H,19,21)(H,20,22). The number of carbonyl (C=O) groups is 2. The van der Waals surface area contributed by atoms with Crippen molar-refractivity contribution in [3.63, 3.8) is 0 Å². The Balaban J connectivity index is 1.92. The lowest BCUT2D eigenvalue weighted by molar-refractivity contribution is -0.126. The van der Waals surface area contributed by atoms with Gasteiger partial charge in [0, 0.05) is 11.5 Å². The number of carbonyl (C=O) groups excluding carboxylic acids is 2. The van der Waals surface area contributed by atoms with Crippen LogP contribution in [0.15, 0.2) is 18.2 Å². The lowest BCUT2D eigenvalue weighted by Gasteiger charge is -2.20. The maximum absolute atomic E-state index is 12.2. The second kappa shape index (κ2) is 9.15. The van der Waals surface area contributed by atoms with Crippen LogP contribution in [0.25, 0.3) is 0 Å². The van der Waals surface area contributed by atoms with E-state index in [1.165, 1.54) is 13.5 Å². The number of methoxy groups -OCH3 is 1. The van der Waals surface area contributed by atoms with Crippen molar-refractivity contribution < 1.29 is 19.1 Å². The van der Waals surface area contributed by atoms with Gasteiger partial charge >= 0.3 is 0 Å². The van der Waals surface area contributed by atoms with Crippen LogP contribution in [-0.4, -0.2) is 25.5 Å². The zero-order chi connectivity index (χ0) is 17.4. The molecule has 2 rings (SSSR count). The van der Waals surface area contributed by atoms with Gasteiger partial charge in [-0.05, 0) is 37.5 Å². The lowest BCUT2D eigenvalue weighted by atomic mass is 9.89. The van der Waals surface area contributed by atoms with Crippen LogP contribution in [-0.2, 0) is 4.79 Å². The molecule has 1 saturated carbocycles. The van der Waals surface area contributed by atoms with E-state index in [0.29, 0.717) is 23.7 Å². The van der Waals surface area contributed by atoms with Gasteiger partial charge in [-0.25, -0.2) is 0 Å². The molecule has 24 heavy (non-hydrogen) atoms. The molecule has 132 valence electrons. The Labute approximate surface area is 142 Å². The van der Waals surface area contributed by atoms with Gasteiger partial charge in [-0.2, -0.15) is 0 Å². The van der Waals surface area contributed by atoms with Gasteiger partial charge in [0.15, 0.2) is 11.5 Å².